The molecule has 0 aromatic carbocycles. The molecule has 0 saturated carbocycles. The van der Waals surface area contributed by atoms with Gasteiger partial charge in [0.15, 0.2) is 5.13 Å². The van der Waals surface area contributed by atoms with E-state index in [9.17, 15) is 4.79 Å². The Bertz CT molecular complexity index is 1060. The van der Waals surface area contributed by atoms with Crippen LogP contribution in [0.1, 0.15) is 5.56 Å². The van der Waals surface area contributed by atoms with Crippen molar-refractivity contribution in [2.75, 3.05) is 42.9 Å². The predicted octanol–water partition coefficient (Wildman–Crippen LogP) is 3.03. The molecule has 1 aliphatic heterocycles. The smallest absolute Gasteiger partial charge is 0.404 e. The summed E-state index contributed by atoms with van der Waals surface area (Å²) in [4.78, 5) is 27.0. The fourth-order valence-corrected chi connectivity index (χ4v) is 4.01. The zero-order valence-corrected chi connectivity index (χ0v) is 17.6. The fourth-order valence-electron chi connectivity index (χ4n) is 3.21. The number of thiazole rings is 1. The van der Waals surface area contributed by atoms with Crippen molar-refractivity contribution in [2.45, 2.75) is 0 Å². The van der Waals surface area contributed by atoms with Crippen LogP contribution >= 0.6 is 11.3 Å². The maximum Gasteiger partial charge on any atom is 0.404 e. The van der Waals surface area contributed by atoms with E-state index in [1.807, 2.05) is 36.7 Å². The van der Waals surface area contributed by atoms with Gasteiger partial charge in [0.1, 0.15) is 5.82 Å². The molecule has 0 bridgehead atoms. The van der Waals surface area contributed by atoms with Crippen molar-refractivity contribution in [3.05, 3.63) is 54.6 Å². The maximum absolute atomic E-state index is 10.5. The van der Waals surface area contributed by atoms with Gasteiger partial charge < -0.3 is 26.0 Å². The summed E-state index contributed by atoms with van der Waals surface area (Å²) < 4.78 is 0. The summed E-state index contributed by atoms with van der Waals surface area (Å²) in [7, 11) is 0. The summed E-state index contributed by atoms with van der Waals surface area (Å²) in [6.45, 7) is 4.18. The molecule has 31 heavy (non-hydrogen) atoms. The molecule has 4 rings (SSSR count). The van der Waals surface area contributed by atoms with Crippen LogP contribution in [0.4, 0.5) is 21.4 Å². The summed E-state index contributed by atoms with van der Waals surface area (Å²) in [6, 6.07) is 6.07. The summed E-state index contributed by atoms with van der Waals surface area (Å²) in [5, 5.41) is 18.3. The number of carboxylic acid groups (broad SMARTS) is 1. The average molecular weight is 438 g/mol. The lowest BCUT2D eigenvalue weighted by molar-refractivity contribution is 0.195. The van der Waals surface area contributed by atoms with Gasteiger partial charge in [-0.05, 0) is 17.7 Å². The third kappa shape index (κ3) is 5.77. The number of aromatic nitrogens is 3. The SMILES string of the molecule is O=C(O)NC/C=C/c1cncc(-c2cnc(Nc3cc(N4CCNCC4)ccn3)s2)c1. The second-order valence-electron chi connectivity index (χ2n) is 6.89. The normalized spacial score (nSPS) is 14.0. The fraction of sp³-hybridized carbons (Fsp3) is 0.238. The Kier molecular flexibility index (Phi) is 6.70. The quantitative estimate of drug-likeness (QED) is 0.446. The van der Waals surface area contributed by atoms with Gasteiger partial charge in [-0.1, -0.05) is 23.5 Å². The van der Waals surface area contributed by atoms with Crippen LogP contribution in [0.3, 0.4) is 0 Å². The summed E-state index contributed by atoms with van der Waals surface area (Å²) in [5.41, 5.74) is 2.98. The first kappa shape index (κ1) is 20.8. The van der Waals surface area contributed by atoms with Crippen molar-refractivity contribution >= 4 is 40.1 Å². The van der Waals surface area contributed by atoms with Crippen LogP contribution in [0.5, 0.6) is 0 Å². The highest BCUT2D eigenvalue weighted by molar-refractivity contribution is 7.18. The van der Waals surface area contributed by atoms with Gasteiger partial charge in [-0.2, -0.15) is 0 Å². The molecule has 160 valence electrons. The lowest BCUT2D eigenvalue weighted by Crippen LogP contribution is -2.43. The van der Waals surface area contributed by atoms with Gasteiger partial charge in [0.2, 0.25) is 0 Å². The van der Waals surface area contributed by atoms with Crippen LogP contribution in [-0.2, 0) is 0 Å². The first-order chi connectivity index (χ1) is 15.2. The van der Waals surface area contributed by atoms with Crippen molar-refractivity contribution in [3.63, 3.8) is 0 Å². The molecule has 1 saturated heterocycles. The molecule has 3 aromatic heterocycles. The highest BCUT2D eigenvalue weighted by Crippen LogP contribution is 2.31. The van der Waals surface area contributed by atoms with Gasteiger partial charge in [0, 0.05) is 74.8 Å². The molecule has 4 N–H and O–H groups in total. The number of hydrogen-bond donors (Lipinski definition) is 4. The minimum Gasteiger partial charge on any atom is -0.465 e. The summed E-state index contributed by atoms with van der Waals surface area (Å²) >= 11 is 1.52. The van der Waals surface area contributed by atoms with E-state index in [0.29, 0.717) is 0 Å². The minimum absolute atomic E-state index is 0.244. The molecule has 4 heterocycles. The zero-order chi connectivity index (χ0) is 21.5. The van der Waals surface area contributed by atoms with Gasteiger partial charge in [-0.15, -0.1) is 0 Å². The van der Waals surface area contributed by atoms with Crippen molar-refractivity contribution < 1.29 is 9.90 Å². The van der Waals surface area contributed by atoms with E-state index in [1.54, 1.807) is 18.5 Å². The number of hydrogen-bond acceptors (Lipinski definition) is 8. The van der Waals surface area contributed by atoms with E-state index < -0.39 is 6.09 Å². The number of piperazine rings is 1. The van der Waals surface area contributed by atoms with E-state index >= 15 is 0 Å². The van der Waals surface area contributed by atoms with Crippen molar-refractivity contribution in [1.82, 2.24) is 25.6 Å². The molecule has 0 unspecified atom stereocenters. The number of anilines is 3. The molecular formula is C21H23N7O2S. The molecule has 1 amide bonds. The largest absolute Gasteiger partial charge is 0.465 e. The van der Waals surface area contributed by atoms with Crippen LogP contribution in [0.25, 0.3) is 16.5 Å². The van der Waals surface area contributed by atoms with Crippen LogP contribution in [-0.4, -0.2) is 58.9 Å². The van der Waals surface area contributed by atoms with Crippen molar-refractivity contribution in [1.29, 1.82) is 0 Å². The number of pyridine rings is 2. The van der Waals surface area contributed by atoms with Crippen molar-refractivity contribution in [3.8, 4) is 10.4 Å². The van der Waals surface area contributed by atoms with E-state index in [-0.39, 0.29) is 6.54 Å². The Labute approximate surface area is 183 Å². The molecule has 1 fully saturated rings. The van der Waals surface area contributed by atoms with E-state index in [0.717, 1.165) is 58.8 Å². The van der Waals surface area contributed by atoms with Crippen LogP contribution in [0.2, 0.25) is 0 Å². The zero-order valence-electron chi connectivity index (χ0n) is 16.8. The van der Waals surface area contributed by atoms with Crippen LogP contribution in [0, 0.1) is 0 Å². The first-order valence-electron chi connectivity index (χ1n) is 9.91. The Balaban J connectivity index is 1.43. The lowest BCUT2D eigenvalue weighted by atomic mass is 10.2. The van der Waals surface area contributed by atoms with E-state index in [1.165, 1.54) is 11.3 Å². The summed E-state index contributed by atoms with van der Waals surface area (Å²) in [6.07, 6.45) is 9.66. The summed E-state index contributed by atoms with van der Waals surface area (Å²) in [5.74, 6) is 0.762. The van der Waals surface area contributed by atoms with Gasteiger partial charge in [0.05, 0.1) is 4.88 Å². The van der Waals surface area contributed by atoms with Crippen LogP contribution < -0.4 is 20.9 Å². The number of carbonyl (C=O) groups is 1. The molecule has 0 aliphatic carbocycles. The van der Waals surface area contributed by atoms with Gasteiger partial charge in [-0.3, -0.25) is 4.98 Å². The number of nitrogens with zero attached hydrogens (tertiary/aromatic N) is 4. The van der Waals surface area contributed by atoms with Gasteiger partial charge in [0.25, 0.3) is 0 Å². The first-order valence-corrected chi connectivity index (χ1v) is 10.7. The molecule has 3 aromatic rings. The molecular weight excluding hydrogens is 414 g/mol. The van der Waals surface area contributed by atoms with Gasteiger partial charge >= 0.3 is 6.09 Å². The highest BCUT2D eigenvalue weighted by Gasteiger charge is 2.12. The topological polar surface area (TPSA) is 115 Å². The Morgan fingerprint density at radius 3 is 2.94 bits per heavy atom. The average Bonchev–Trinajstić information content (AvgIpc) is 3.26. The molecule has 10 heteroatoms. The second kappa shape index (κ2) is 10.0. The Hall–Kier alpha value is -3.50. The monoisotopic (exact) mass is 437 g/mol. The molecule has 0 radical (unpaired) electrons. The molecule has 9 nitrogen and oxygen atoms in total. The Morgan fingerprint density at radius 1 is 1.23 bits per heavy atom. The van der Waals surface area contributed by atoms with Crippen LogP contribution in [0.15, 0.2) is 49.1 Å². The van der Waals surface area contributed by atoms with Gasteiger partial charge in [-0.25, -0.2) is 14.8 Å². The molecule has 0 spiro atoms. The number of amides is 1. The minimum atomic E-state index is -1.05. The number of rotatable bonds is 7. The Morgan fingerprint density at radius 2 is 2.10 bits per heavy atom. The third-order valence-corrected chi connectivity index (χ3v) is 5.65. The lowest BCUT2D eigenvalue weighted by Gasteiger charge is -2.29. The standard InChI is InChI=1S/C21H23N7O2S/c29-21(30)25-4-1-2-15-10-16(13-23-12-15)18-14-26-20(31-18)27-19-11-17(3-5-24-19)28-8-6-22-7-9-28/h1-3,5,10-14,22,25H,4,6-9H2,(H,29,30)(H,24,26,27)/b2-1+. The highest BCUT2D eigenvalue weighted by atomic mass is 32.1. The number of nitrogens with one attached hydrogen (secondary N) is 3. The van der Waals surface area contributed by atoms with E-state index in [4.69, 9.17) is 5.11 Å². The molecule has 0 atom stereocenters. The van der Waals surface area contributed by atoms with E-state index in [2.05, 4.69) is 35.8 Å². The predicted molar refractivity (Wildman–Crippen MR) is 123 cm³/mol. The third-order valence-electron chi connectivity index (χ3n) is 4.69. The van der Waals surface area contributed by atoms with Crippen molar-refractivity contribution in [2.24, 2.45) is 0 Å². The second-order valence-corrected chi connectivity index (χ2v) is 7.92. The maximum atomic E-state index is 10.5. The molecule has 1 aliphatic rings.